The molecular weight excluding hydrogens is 306 g/mol. The van der Waals surface area contributed by atoms with Gasteiger partial charge in [-0.05, 0) is 39.5 Å². The Balaban J connectivity index is 1.59. The number of likely N-dealkylation sites (tertiary alicyclic amines) is 1. The van der Waals surface area contributed by atoms with Gasteiger partial charge in [0, 0.05) is 25.7 Å². The molecule has 136 valence electrons. The summed E-state index contributed by atoms with van der Waals surface area (Å²) in [5.74, 6) is 0.0910. The summed E-state index contributed by atoms with van der Waals surface area (Å²) >= 11 is 0. The van der Waals surface area contributed by atoms with Gasteiger partial charge in [-0.15, -0.1) is 0 Å². The number of rotatable bonds is 2. The van der Waals surface area contributed by atoms with Crippen LogP contribution in [0, 0.1) is 0 Å². The van der Waals surface area contributed by atoms with Crippen molar-refractivity contribution in [3.05, 3.63) is 0 Å². The molecule has 3 atom stereocenters. The van der Waals surface area contributed by atoms with Crippen LogP contribution < -0.4 is 5.32 Å². The van der Waals surface area contributed by atoms with Gasteiger partial charge in [-0.25, -0.2) is 4.79 Å². The van der Waals surface area contributed by atoms with Crippen molar-refractivity contribution in [3.63, 3.8) is 0 Å². The molecule has 0 spiro atoms. The molecule has 3 fully saturated rings. The topological polar surface area (TPSA) is 61.9 Å². The Bertz CT molecular complexity index is 454. The molecule has 1 saturated carbocycles. The van der Waals surface area contributed by atoms with E-state index in [-0.39, 0.29) is 36.2 Å². The molecule has 0 aromatic carbocycles. The van der Waals surface area contributed by atoms with Crippen LogP contribution in [0.25, 0.3) is 0 Å². The summed E-state index contributed by atoms with van der Waals surface area (Å²) in [5, 5.41) is 3.16. The second-order valence-corrected chi connectivity index (χ2v) is 7.64. The number of carbonyl (C=O) groups is 2. The Morgan fingerprint density at radius 2 is 1.62 bits per heavy atom. The van der Waals surface area contributed by atoms with E-state index in [0.29, 0.717) is 19.6 Å². The zero-order valence-corrected chi connectivity index (χ0v) is 15.0. The van der Waals surface area contributed by atoms with E-state index in [1.54, 1.807) is 4.90 Å². The maximum absolute atomic E-state index is 12.9. The first-order valence-corrected chi connectivity index (χ1v) is 9.56. The van der Waals surface area contributed by atoms with Gasteiger partial charge in [0.2, 0.25) is 5.91 Å². The third-order valence-electron chi connectivity index (χ3n) is 5.46. The van der Waals surface area contributed by atoms with Gasteiger partial charge < -0.3 is 19.9 Å². The molecule has 0 radical (unpaired) electrons. The van der Waals surface area contributed by atoms with E-state index in [1.807, 2.05) is 18.7 Å². The van der Waals surface area contributed by atoms with E-state index in [2.05, 4.69) is 5.32 Å². The lowest BCUT2D eigenvalue weighted by molar-refractivity contribution is -0.147. The molecule has 0 aromatic heterocycles. The third kappa shape index (κ3) is 4.02. The number of nitrogens with one attached hydrogen (secondary N) is 1. The molecule has 0 unspecified atom stereocenters. The van der Waals surface area contributed by atoms with Crippen molar-refractivity contribution in [1.29, 1.82) is 0 Å². The van der Waals surface area contributed by atoms with E-state index in [0.717, 1.165) is 25.7 Å². The smallest absolute Gasteiger partial charge is 0.318 e. The van der Waals surface area contributed by atoms with E-state index in [4.69, 9.17) is 4.74 Å². The van der Waals surface area contributed by atoms with E-state index >= 15 is 0 Å². The number of urea groups is 1. The van der Waals surface area contributed by atoms with Crippen molar-refractivity contribution < 1.29 is 14.3 Å². The van der Waals surface area contributed by atoms with Gasteiger partial charge in [-0.2, -0.15) is 0 Å². The van der Waals surface area contributed by atoms with Gasteiger partial charge in [0.1, 0.15) is 6.04 Å². The van der Waals surface area contributed by atoms with Gasteiger partial charge >= 0.3 is 6.03 Å². The van der Waals surface area contributed by atoms with Gasteiger partial charge in [0.05, 0.1) is 12.2 Å². The van der Waals surface area contributed by atoms with Crippen molar-refractivity contribution in [2.75, 3.05) is 19.6 Å². The number of nitrogens with zero attached hydrogens (tertiary/aromatic N) is 2. The Labute approximate surface area is 144 Å². The van der Waals surface area contributed by atoms with Crippen molar-refractivity contribution in [3.8, 4) is 0 Å². The van der Waals surface area contributed by atoms with Crippen LogP contribution in [-0.4, -0.2) is 65.7 Å². The van der Waals surface area contributed by atoms with Gasteiger partial charge in [-0.1, -0.05) is 19.3 Å². The zero-order valence-electron chi connectivity index (χ0n) is 15.0. The number of ether oxygens (including phenoxy) is 1. The first-order chi connectivity index (χ1) is 11.5. The number of amides is 3. The maximum atomic E-state index is 12.9. The normalized spacial score (nSPS) is 32.0. The third-order valence-corrected chi connectivity index (χ3v) is 5.46. The van der Waals surface area contributed by atoms with E-state index in [9.17, 15) is 9.59 Å². The molecule has 1 aliphatic carbocycles. The summed E-state index contributed by atoms with van der Waals surface area (Å²) in [6, 6.07) is -0.0655. The van der Waals surface area contributed by atoms with Crippen LogP contribution in [0.5, 0.6) is 0 Å². The van der Waals surface area contributed by atoms with Crippen molar-refractivity contribution >= 4 is 11.9 Å². The molecule has 3 rings (SSSR count). The highest BCUT2D eigenvalue weighted by Gasteiger charge is 2.39. The molecule has 3 aliphatic rings. The highest BCUT2D eigenvalue weighted by molar-refractivity contribution is 5.88. The lowest BCUT2D eigenvalue weighted by Gasteiger charge is -2.38. The zero-order chi connectivity index (χ0) is 17.1. The number of morpholine rings is 1. The monoisotopic (exact) mass is 337 g/mol. The predicted molar refractivity (Wildman–Crippen MR) is 91.7 cm³/mol. The predicted octanol–water partition coefficient (Wildman–Crippen LogP) is 2.13. The van der Waals surface area contributed by atoms with Crippen LogP contribution in [0.2, 0.25) is 0 Å². The molecule has 3 amide bonds. The molecule has 6 nitrogen and oxygen atoms in total. The van der Waals surface area contributed by atoms with Crippen LogP contribution in [0.4, 0.5) is 4.79 Å². The van der Waals surface area contributed by atoms with Crippen LogP contribution in [0.15, 0.2) is 0 Å². The molecule has 24 heavy (non-hydrogen) atoms. The maximum Gasteiger partial charge on any atom is 0.318 e. The summed E-state index contributed by atoms with van der Waals surface area (Å²) < 4.78 is 5.72. The molecule has 2 aliphatic heterocycles. The van der Waals surface area contributed by atoms with Crippen molar-refractivity contribution in [2.24, 2.45) is 0 Å². The minimum Gasteiger partial charge on any atom is -0.372 e. The second kappa shape index (κ2) is 7.72. The highest BCUT2D eigenvalue weighted by atomic mass is 16.5. The Morgan fingerprint density at radius 1 is 0.958 bits per heavy atom. The quantitative estimate of drug-likeness (QED) is 0.840. The average molecular weight is 337 g/mol. The minimum absolute atomic E-state index is 0.0490. The molecule has 0 bridgehead atoms. The van der Waals surface area contributed by atoms with Crippen LogP contribution in [-0.2, 0) is 9.53 Å². The molecular formula is C18H31N3O3. The lowest BCUT2D eigenvalue weighted by Crippen LogP contribution is -2.56. The second-order valence-electron chi connectivity index (χ2n) is 7.64. The van der Waals surface area contributed by atoms with Crippen molar-refractivity contribution in [2.45, 2.75) is 83.1 Å². The summed E-state index contributed by atoms with van der Waals surface area (Å²) in [5.41, 5.74) is 0. The van der Waals surface area contributed by atoms with Crippen molar-refractivity contribution in [1.82, 2.24) is 15.1 Å². The lowest BCUT2D eigenvalue weighted by atomic mass is 9.96. The van der Waals surface area contributed by atoms with Gasteiger partial charge in [0.25, 0.3) is 0 Å². The standard InChI is InChI=1S/C18H31N3O3/c1-13-11-20(12-14(2)24-13)17(22)16-9-6-10-21(16)18(23)19-15-7-4-3-5-8-15/h13-16H,3-12H2,1-2H3,(H,19,23)/t13-,14-,16+/m1/s1. The fourth-order valence-corrected chi connectivity index (χ4v) is 4.34. The first-order valence-electron chi connectivity index (χ1n) is 9.56. The average Bonchev–Trinajstić information content (AvgIpc) is 3.04. The number of hydrogen-bond donors (Lipinski definition) is 1. The highest BCUT2D eigenvalue weighted by Crippen LogP contribution is 2.23. The number of carbonyl (C=O) groups excluding carboxylic acids is 2. The summed E-state index contributed by atoms with van der Waals surface area (Å²) in [6.07, 6.45) is 7.58. The van der Waals surface area contributed by atoms with Gasteiger partial charge in [-0.3, -0.25) is 4.79 Å². The fourth-order valence-electron chi connectivity index (χ4n) is 4.34. The largest absolute Gasteiger partial charge is 0.372 e. The van der Waals surface area contributed by atoms with E-state index in [1.165, 1.54) is 19.3 Å². The Morgan fingerprint density at radius 3 is 2.29 bits per heavy atom. The molecule has 2 saturated heterocycles. The minimum atomic E-state index is -0.300. The molecule has 1 N–H and O–H groups in total. The van der Waals surface area contributed by atoms with Crippen LogP contribution in [0.3, 0.4) is 0 Å². The summed E-state index contributed by atoms with van der Waals surface area (Å²) in [7, 11) is 0. The van der Waals surface area contributed by atoms with Crippen LogP contribution >= 0.6 is 0 Å². The first kappa shape index (κ1) is 17.5. The molecule has 0 aromatic rings. The molecule has 2 heterocycles. The fraction of sp³-hybridized carbons (Fsp3) is 0.889. The summed E-state index contributed by atoms with van der Waals surface area (Å²) in [4.78, 5) is 29.3. The summed E-state index contributed by atoms with van der Waals surface area (Å²) in [6.45, 7) is 5.93. The van der Waals surface area contributed by atoms with Gasteiger partial charge in [0.15, 0.2) is 0 Å². The number of hydrogen-bond acceptors (Lipinski definition) is 3. The Hall–Kier alpha value is -1.30. The SMILES string of the molecule is C[C@@H]1CN(C(=O)[C@@H]2CCCN2C(=O)NC2CCCCC2)C[C@@H](C)O1. The Kier molecular flexibility index (Phi) is 5.64. The van der Waals surface area contributed by atoms with Crippen LogP contribution in [0.1, 0.15) is 58.8 Å². The van der Waals surface area contributed by atoms with E-state index < -0.39 is 0 Å². The molecule has 6 heteroatoms.